The second kappa shape index (κ2) is 7.11. The van der Waals surface area contributed by atoms with Crippen molar-refractivity contribution in [3.8, 4) is 5.75 Å². The van der Waals surface area contributed by atoms with Gasteiger partial charge in [0, 0.05) is 12.6 Å². The van der Waals surface area contributed by atoms with Gasteiger partial charge in [0.1, 0.15) is 0 Å². The van der Waals surface area contributed by atoms with Gasteiger partial charge in [0.25, 0.3) is 0 Å². The van der Waals surface area contributed by atoms with E-state index in [1.165, 1.54) is 0 Å². The van der Waals surface area contributed by atoms with E-state index < -0.39 is 0 Å². The van der Waals surface area contributed by atoms with Crippen LogP contribution >= 0.6 is 36.4 Å². The first-order chi connectivity index (χ1) is 7.22. The van der Waals surface area contributed by atoms with Crippen LogP contribution in [-0.4, -0.2) is 24.8 Å². The molecule has 1 aliphatic rings. The molecule has 1 fully saturated rings. The number of hydrogen-bond acceptors (Lipinski definition) is 4. The number of anilines is 1. The number of halogens is 3. The van der Waals surface area contributed by atoms with Crippen molar-refractivity contribution in [2.75, 3.05) is 18.6 Å². The van der Waals surface area contributed by atoms with E-state index in [9.17, 15) is 0 Å². The molecule has 0 radical (unpaired) electrons. The molecule has 2 N–H and O–H groups in total. The number of methoxy groups -OCH3 is 1. The average Bonchev–Trinajstić information content (AvgIpc) is 2.65. The Hall–Kier alpha value is -0.420. The van der Waals surface area contributed by atoms with Gasteiger partial charge in [0.2, 0.25) is 0 Å². The Kier molecular flexibility index (Phi) is 6.94. The summed E-state index contributed by atoms with van der Waals surface area (Å²) in [7, 11) is 1.58. The van der Waals surface area contributed by atoms with Gasteiger partial charge in [-0.1, -0.05) is 11.6 Å². The summed E-state index contributed by atoms with van der Waals surface area (Å²) in [5.41, 5.74) is 6.94. The van der Waals surface area contributed by atoms with E-state index in [-0.39, 0.29) is 31.0 Å². The van der Waals surface area contributed by atoms with Crippen molar-refractivity contribution in [2.24, 2.45) is 5.73 Å². The highest BCUT2D eigenvalue weighted by molar-refractivity contribution is 6.30. The molecular formula is C10H16Cl3N3O. The SMILES string of the molecule is COc1cc(N2CCCC2N)cnc1Cl.Cl.Cl. The summed E-state index contributed by atoms with van der Waals surface area (Å²) in [6.07, 6.45) is 3.95. The van der Waals surface area contributed by atoms with Crippen LogP contribution < -0.4 is 15.4 Å². The molecule has 7 heteroatoms. The van der Waals surface area contributed by atoms with Crippen molar-refractivity contribution in [3.05, 3.63) is 17.4 Å². The molecule has 0 bridgehead atoms. The molecular weight excluding hydrogens is 284 g/mol. The van der Waals surface area contributed by atoms with Gasteiger partial charge >= 0.3 is 0 Å². The smallest absolute Gasteiger partial charge is 0.171 e. The molecule has 0 spiro atoms. The van der Waals surface area contributed by atoms with E-state index in [4.69, 9.17) is 22.1 Å². The quantitative estimate of drug-likeness (QED) is 0.853. The lowest BCUT2D eigenvalue weighted by atomic mass is 10.3. The number of nitrogens with two attached hydrogens (primary N) is 1. The molecule has 1 unspecified atom stereocenters. The van der Waals surface area contributed by atoms with Crippen LogP contribution in [0.1, 0.15) is 12.8 Å². The lowest BCUT2D eigenvalue weighted by Gasteiger charge is -2.23. The number of rotatable bonds is 2. The largest absolute Gasteiger partial charge is 0.493 e. The summed E-state index contributed by atoms with van der Waals surface area (Å²) in [6, 6.07) is 1.88. The Balaban J connectivity index is 0.00000128. The van der Waals surface area contributed by atoms with Crippen LogP contribution in [0.5, 0.6) is 5.75 Å². The van der Waals surface area contributed by atoms with E-state index in [1.807, 2.05) is 6.07 Å². The summed E-state index contributed by atoms with van der Waals surface area (Å²) in [5, 5.41) is 0.383. The van der Waals surface area contributed by atoms with Crippen molar-refractivity contribution >= 4 is 42.1 Å². The highest BCUT2D eigenvalue weighted by atomic mass is 35.5. The summed E-state index contributed by atoms with van der Waals surface area (Å²) in [4.78, 5) is 6.19. The Bertz CT molecular complexity index is 365. The van der Waals surface area contributed by atoms with Gasteiger partial charge in [-0.3, -0.25) is 0 Å². The third-order valence-corrected chi connectivity index (χ3v) is 2.93. The van der Waals surface area contributed by atoms with Gasteiger partial charge in [-0.25, -0.2) is 4.98 Å². The molecule has 1 atom stereocenters. The highest BCUT2D eigenvalue weighted by Gasteiger charge is 2.22. The second-order valence-corrected chi connectivity index (χ2v) is 3.95. The standard InChI is InChI=1S/C10H14ClN3O.2ClH/c1-15-8-5-7(6-13-10(8)11)14-4-2-3-9(14)12;;/h5-6,9H,2-4,12H2,1H3;2*1H. The van der Waals surface area contributed by atoms with E-state index in [2.05, 4.69) is 9.88 Å². The van der Waals surface area contributed by atoms with Crippen molar-refractivity contribution in [2.45, 2.75) is 19.0 Å². The molecule has 2 rings (SSSR count). The number of pyridine rings is 1. The summed E-state index contributed by atoms with van der Waals surface area (Å²) in [6.45, 7) is 0.966. The lowest BCUT2D eigenvalue weighted by molar-refractivity contribution is 0.413. The summed E-state index contributed by atoms with van der Waals surface area (Å²) >= 11 is 5.85. The van der Waals surface area contributed by atoms with Gasteiger partial charge < -0.3 is 15.4 Å². The van der Waals surface area contributed by atoms with Gasteiger partial charge in [-0.2, -0.15) is 0 Å². The molecule has 1 aromatic rings. The first-order valence-corrected chi connectivity index (χ1v) is 5.32. The van der Waals surface area contributed by atoms with Gasteiger partial charge in [-0.05, 0) is 12.8 Å². The van der Waals surface area contributed by atoms with Gasteiger partial charge in [-0.15, -0.1) is 24.8 Å². The number of nitrogens with zero attached hydrogens (tertiary/aromatic N) is 2. The fourth-order valence-electron chi connectivity index (χ4n) is 1.83. The van der Waals surface area contributed by atoms with Crippen LogP contribution in [0.2, 0.25) is 5.15 Å². The molecule has 4 nitrogen and oxygen atoms in total. The fraction of sp³-hybridized carbons (Fsp3) is 0.500. The molecule has 0 aromatic carbocycles. The van der Waals surface area contributed by atoms with E-state index in [0.29, 0.717) is 10.9 Å². The third kappa shape index (κ3) is 3.52. The van der Waals surface area contributed by atoms with Gasteiger partial charge in [0.05, 0.1) is 25.2 Å². The minimum Gasteiger partial charge on any atom is -0.493 e. The van der Waals surface area contributed by atoms with Crippen LogP contribution in [0.3, 0.4) is 0 Å². The maximum absolute atomic E-state index is 5.96. The normalized spacial score (nSPS) is 18.3. The molecule has 2 heterocycles. The highest BCUT2D eigenvalue weighted by Crippen LogP contribution is 2.29. The summed E-state index contributed by atoms with van der Waals surface area (Å²) in [5.74, 6) is 0.591. The molecule has 1 saturated heterocycles. The molecule has 17 heavy (non-hydrogen) atoms. The second-order valence-electron chi connectivity index (χ2n) is 3.59. The predicted octanol–water partition coefficient (Wildman–Crippen LogP) is 2.47. The van der Waals surface area contributed by atoms with Crippen LogP contribution in [-0.2, 0) is 0 Å². The monoisotopic (exact) mass is 299 g/mol. The summed E-state index contributed by atoms with van der Waals surface area (Å²) < 4.78 is 5.12. The van der Waals surface area contributed by atoms with Gasteiger partial charge in [0.15, 0.2) is 10.9 Å². The topological polar surface area (TPSA) is 51.4 Å². The molecule has 98 valence electrons. The van der Waals surface area contributed by atoms with E-state index >= 15 is 0 Å². The maximum Gasteiger partial charge on any atom is 0.171 e. The molecule has 0 saturated carbocycles. The molecule has 0 amide bonds. The first-order valence-electron chi connectivity index (χ1n) is 4.94. The van der Waals surface area contributed by atoms with Crippen LogP contribution in [0, 0.1) is 0 Å². The zero-order chi connectivity index (χ0) is 10.8. The van der Waals surface area contributed by atoms with E-state index in [1.54, 1.807) is 13.3 Å². The van der Waals surface area contributed by atoms with Crippen LogP contribution in [0.4, 0.5) is 5.69 Å². The predicted molar refractivity (Wildman–Crippen MR) is 74.9 cm³/mol. The molecule has 1 aliphatic heterocycles. The Morgan fingerprint density at radius 1 is 1.53 bits per heavy atom. The maximum atomic E-state index is 5.96. The number of aromatic nitrogens is 1. The first kappa shape index (κ1) is 16.6. The molecule has 1 aromatic heterocycles. The van der Waals surface area contributed by atoms with Crippen molar-refractivity contribution < 1.29 is 4.74 Å². The average molecular weight is 301 g/mol. The van der Waals surface area contributed by atoms with E-state index in [0.717, 1.165) is 25.1 Å². The molecule has 0 aliphatic carbocycles. The number of ether oxygens (including phenoxy) is 1. The van der Waals surface area contributed by atoms with Crippen molar-refractivity contribution in [1.29, 1.82) is 0 Å². The fourth-order valence-corrected chi connectivity index (χ4v) is 2.01. The zero-order valence-corrected chi connectivity index (χ0v) is 11.8. The van der Waals surface area contributed by atoms with Crippen molar-refractivity contribution in [3.63, 3.8) is 0 Å². The van der Waals surface area contributed by atoms with Crippen LogP contribution in [0.25, 0.3) is 0 Å². The van der Waals surface area contributed by atoms with Crippen molar-refractivity contribution in [1.82, 2.24) is 4.98 Å². The minimum absolute atomic E-state index is 0. The Labute approximate surface area is 118 Å². The van der Waals surface area contributed by atoms with Crippen LogP contribution in [0.15, 0.2) is 12.3 Å². The third-order valence-electron chi connectivity index (χ3n) is 2.64. The number of hydrogen-bond donors (Lipinski definition) is 1. The Morgan fingerprint density at radius 2 is 2.24 bits per heavy atom. The minimum atomic E-state index is 0. The zero-order valence-electron chi connectivity index (χ0n) is 9.43. The Morgan fingerprint density at radius 3 is 2.76 bits per heavy atom. The lowest BCUT2D eigenvalue weighted by Crippen LogP contribution is -2.36.